The number of nitrogens with zero attached hydrogens (tertiary/aromatic N) is 1. The van der Waals surface area contributed by atoms with Gasteiger partial charge < -0.3 is 20.5 Å². The lowest BCUT2D eigenvalue weighted by Crippen LogP contribution is -2.44. The van der Waals surface area contributed by atoms with Crippen molar-refractivity contribution in [1.29, 1.82) is 0 Å². The Bertz CT molecular complexity index is 1140. The van der Waals surface area contributed by atoms with Crippen LogP contribution in [0.4, 0.5) is 5.69 Å². The molecule has 154 valence electrons. The molecule has 0 fully saturated rings. The number of halogens is 1. The van der Waals surface area contributed by atoms with Gasteiger partial charge in [0, 0.05) is 46.5 Å². The van der Waals surface area contributed by atoms with E-state index in [1.54, 1.807) is 23.1 Å². The number of anilines is 1. The van der Waals surface area contributed by atoms with Gasteiger partial charge in [0.15, 0.2) is 0 Å². The van der Waals surface area contributed by atoms with Crippen LogP contribution in [-0.4, -0.2) is 35.8 Å². The van der Waals surface area contributed by atoms with Crippen LogP contribution in [0.5, 0.6) is 0 Å². The van der Waals surface area contributed by atoms with Crippen LogP contribution in [0.3, 0.4) is 0 Å². The van der Waals surface area contributed by atoms with Crippen LogP contribution in [0.25, 0.3) is 10.9 Å². The average Bonchev–Trinajstić information content (AvgIpc) is 3.26. The lowest BCUT2D eigenvalue weighted by atomic mass is 10.1. The number of H-pyrrole nitrogens is 1. The van der Waals surface area contributed by atoms with Crippen LogP contribution in [0.15, 0.2) is 48.7 Å². The number of aromatic nitrogens is 1. The topological polar surface area (TPSA) is 94.3 Å². The summed E-state index contributed by atoms with van der Waals surface area (Å²) in [6.07, 6.45) is 2.40. The second-order valence-electron chi connectivity index (χ2n) is 7.06. The molecule has 4 rings (SSSR count). The molecule has 3 amide bonds. The van der Waals surface area contributed by atoms with E-state index in [4.69, 9.17) is 11.6 Å². The van der Waals surface area contributed by atoms with Crippen LogP contribution in [-0.2, 0) is 20.8 Å². The first-order chi connectivity index (χ1) is 14.5. The van der Waals surface area contributed by atoms with Crippen LogP contribution < -0.4 is 15.5 Å². The maximum Gasteiger partial charge on any atom is 0.310 e. The third-order valence-electron chi connectivity index (χ3n) is 5.26. The van der Waals surface area contributed by atoms with Crippen molar-refractivity contribution in [2.75, 3.05) is 18.0 Å². The Morgan fingerprint density at radius 1 is 1.17 bits per heavy atom. The molecule has 0 aliphatic carbocycles. The molecular weight excluding hydrogens is 404 g/mol. The molecule has 0 radical (unpaired) electrons. The highest BCUT2D eigenvalue weighted by Crippen LogP contribution is 2.35. The van der Waals surface area contributed by atoms with Gasteiger partial charge in [-0.05, 0) is 43.2 Å². The van der Waals surface area contributed by atoms with Crippen molar-refractivity contribution < 1.29 is 14.4 Å². The third kappa shape index (κ3) is 3.64. The molecule has 7 nitrogen and oxygen atoms in total. The Kier molecular flexibility index (Phi) is 5.46. The number of carbonyl (C=O) groups is 3. The monoisotopic (exact) mass is 424 g/mol. The van der Waals surface area contributed by atoms with Crippen molar-refractivity contribution in [2.24, 2.45) is 0 Å². The zero-order valence-corrected chi connectivity index (χ0v) is 17.1. The van der Waals surface area contributed by atoms with Crippen LogP contribution in [0.1, 0.15) is 24.1 Å². The van der Waals surface area contributed by atoms with Crippen LogP contribution in [0, 0.1) is 0 Å². The van der Waals surface area contributed by atoms with E-state index in [2.05, 4.69) is 15.6 Å². The second-order valence-corrected chi connectivity index (χ2v) is 7.49. The van der Waals surface area contributed by atoms with Gasteiger partial charge in [-0.1, -0.05) is 29.8 Å². The van der Waals surface area contributed by atoms with Gasteiger partial charge in [0.25, 0.3) is 5.91 Å². The number of hydrogen-bond acceptors (Lipinski definition) is 3. The summed E-state index contributed by atoms with van der Waals surface area (Å²) < 4.78 is 0. The number of nitrogens with one attached hydrogen (secondary N) is 3. The number of likely N-dealkylation sites (N-methyl/N-ethyl adjacent to an activating group) is 1. The first-order valence-corrected chi connectivity index (χ1v) is 10.1. The Hall–Kier alpha value is -3.32. The standard InChI is InChI=1S/C22H21ClN4O3/c1-2-27-18-6-4-3-5-15(18)19(22(27)30)26-21(29)20(28)24-10-9-13-12-25-17-8-7-14(23)11-16(13)17/h3-8,11-12,19,25H,2,9-10H2,1H3,(H,24,28)(H,26,29). The number of amides is 3. The fourth-order valence-electron chi connectivity index (χ4n) is 3.80. The first kappa shape index (κ1) is 20.0. The summed E-state index contributed by atoms with van der Waals surface area (Å²) in [6.45, 7) is 2.63. The summed E-state index contributed by atoms with van der Waals surface area (Å²) in [5.41, 5.74) is 3.40. The minimum absolute atomic E-state index is 0.240. The fraction of sp³-hybridized carbons (Fsp3) is 0.227. The lowest BCUT2D eigenvalue weighted by molar-refractivity contribution is -0.140. The van der Waals surface area contributed by atoms with E-state index in [-0.39, 0.29) is 12.5 Å². The SMILES string of the molecule is CCN1C(=O)C(NC(=O)C(=O)NCCc2c[nH]c3ccc(Cl)cc23)c2ccccc21. The van der Waals surface area contributed by atoms with Gasteiger partial charge in [0.05, 0.1) is 0 Å². The molecule has 3 N–H and O–H groups in total. The summed E-state index contributed by atoms with van der Waals surface area (Å²) >= 11 is 6.06. The Labute approximate surface area is 178 Å². The summed E-state index contributed by atoms with van der Waals surface area (Å²) in [4.78, 5) is 42.0. The average molecular weight is 425 g/mol. The number of aromatic amines is 1. The molecule has 2 heterocycles. The molecule has 0 saturated carbocycles. The zero-order chi connectivity index (χ0) is 21.3. The number of carbonyl (C=O) groups excluding carboxylic acids is 3. The number of fused-ring (bicyclic) bond motifs is 2. The molecule has 30 heavy (non-hydrogen) atoms. The van der Waals surface area contributed by atoms with Crippen molar-refractivity contribution >= 4 is 45.9 Å². The minimum atomic E-state index is -0.852. The van der Waals surface area contributed by atoms with Crippen molar-refractivity contribution in [2.45, 2.75) is 19.4 Å². The number of rotatable bonds is 5. The molecule has 1 aliphatic heterocycles. The highest BCUT2D eigenvalue weighted by Gasteiger charge is 2.37. The van der Waals surface area contributed by atoms with Gasteiger partial charge in [-0.15, -0.1) is 0 Å². The number of para-hydroxylation sites is 1. The van der Waals surface area contributed by atoms with Crippen LogP contribution in [0.2, 0.25) is 5.02 Å². The fourth-order valence-corrected chi connectivity index (χ4v) is 3.97. The summed E-state index contributed by atoms with van der Waals surface area (Å²) in [6, 6.07) is 12.0. The maximum absolute atomic E-state index is 12.6. The van der Waals surface area contributed by atoms with E-state index in [0.717, 1.165) is 22.2 Å². The van der Waals surface area contributed by atoms with Gasteiger partial charge in [-0.3, -0.25) is 14.4 Å². The normalized spacial score (nSPS) is 15.3. The second kappa shape index (κ2) is 8.20. The Balaban J connectivity index is 1.37. The summed E-state index contributed by atoms with van der Waals surface area (Å²) in [5.74, 6) is -1.84. The molecule has 0 bridgehead atoms. The maximum atomic E-state index is 12.6. The van der Waals surface area contributed by atoms with E-state index in [9.17, 15) is 14.4 Å². The molecule has 1 unspecified atom stereocenters. The number of hydrogen-bond donors (Lipinski definition) is 3. The van der Waals surface area contributed by atoms with Crippen molar-refractivity contribution in [3.8, 4) is 0 Å². The first-order valence-electron chi connectivity index (χ1n) is 9.74. The predicted octanol–water partition coefficient (Wildman–Crippen LogP) is 2.70. The van der Waals surface area contributed by atoms with Gasteiger partial charge in [-0.25, -0.2) is 0 Å². The van der Waals surface area contributed by atoms with E-state index in [1.807, 2.05) is 37.4 Å². The summed E-state index contributed by atoms with van der Waals surface area (Å²) in [7, 11) is 0. The zero-order valence-electron chi connectivity index (χ0n) is 16.4. The summed E-state index contributed by atoms with van der Waals surface area (Å²) in [5, 5.41) is 6.79. The highest BCUT2D eigenvalue weighted by atomic mass is 35.5. The third-order valence-corrected chi connectivity index (χ3v) is 5.49. The lowest BCUT2D eigenvalue weighted by Gasteiger charge is -2.15. The minimum Gasteiger partial charge on any atom is -0.361 e. The van der Waals surface area contributed by atoms with Gasteiger partial charge in [0.2, 0.25) is 0 Å². The van der Waals surface area contributed by atoms with Crippen molar-refractivity contribution in [3.05, 3.63) is 64.8 Å². The van der Waals surface area contributed by atoms with E-state index < -0.39 is 17.9 Å². The molecule has 3 aromatic rings. The largest absolute Gasteiger partial charge is 0.361 e. The predicted molar refractivity (Wildman–Crippen MR) is 115 cm³/mol. The number of benzene rings is 2. The molecule has 2 aromatic carbocycles. The highest BCUT2D eigenvalue weighted by molar-refractivity contribution is 6.35. The molecule has 1 aliphatic rings. The van der Waals surface area contributed by atoms with Gasteiger partial charge in [0.1, 0.15) is 6.04 Å². The van der Waals surface area contributed by atoms with E-state index in [0.29, 0.717) is 23.6 Å². The van der Waals surface area contributed by atoms with Gasteiger partial charge >= 0.3 is 11.8 Å². The molecule has 1 aromatic heterocycles. The van der Waals surface area contributed by atoms with E-state index >= 15 is 0 Å². The molecule has 0 saturated heterocycles. The van der Waals surface area contributed by atoms with Crippen molar-refractivity contribution in [3.63, 3.8) is 0 Å². The Morgan fingerprint density at radius 3 is 2.77 bits per heavy atom. The van der Waals surface area contributed by atoms with E-state index in [1.165, 1.54) is 0 Å². The van der Waals surface area contributed by atoms with Crippen molar-refractivity contribution in [1.82, 2.24) is 15.6 Å². The molecule has 1 atom stereocenters. The smallest absolute Gasteiger partial charge is 0.310 e. The molecular formula is C22H21ClN4O3. The molecule has 8 heteroatoms. The molecule has 0 spiro atoms. The van der Waals surface area contributed by atoms with Crippen LogP contribution >= 0.6 is 11.6 Å². The Morgan fingerprint density at radius 2 is 1.97 bits per heavy atom. The quantitative estimate of drug-likeness (QED) is 0.549. The van der Waals surface area contributed by atoms with Gasteiger partial charge in [-0.2, -0.15) is 0 Å².